The van der Waals surface area contributed by atoms with E-state index in [0.29, 0.717) is 12.4 Å². The van der Waals surface area contributed by atoms with Gasteiger partial charge in [-0.3, -0.25) is 4.79 Å². The molecule has 0 aliphatic rings. The van der Waals surface area contributed by atoms with E-state index in [1.807, 2.05) is 12.1 Å². The van der Waals surface area contributed by atoms with Crippen LogP contribution in [0.5, 0.6) is 5.75 Å². The summed E-state index contributed by atoms with van der Waals surface area (Å²) in [6, 6.07) is 20.2. The van der Waals surface area contributed by atoms with Crippen molar-refractivity contribution in [3.8, 4) is 16.9 Å². The monoisotopic (exact) mass is 410 g/mol. The van der Waals surface area contributed by atoms with E-state index in [9.17, 15) is 13.2 Å². The lowest BCUT2D eigenvalue weighted by Gasteiger charge is -2.11. The first kappa shape index (κ1) is 20.6. The van der Waals surface area contributed by atoms with E-state index >= 15 is 0 Å². The van der Waals surface area contributed by atoms with E-state index in [2.05, 4.69) is 44.2 Å². The molecular weight excluding hydrogens is 388 g/mol. The Labute approximate surface area is 170 Å². The third-order valence-electron chi connectivity index (χ3n) is 4.63. The third-order valence-corrected chi connectivity index (χ3v) is 6.24. The smallest absolute Gasteiger partial charge is 0.319 e. The van der Waals surface area contributed by atoms with E-state index in [-0.39, 0.29) is 4.90 Å². The minimum absolute atomic E-state index is 0.0368. The van der Waals surface area contributed by atoms with Gasteiger partial charge in [0.25, 0.3) is 0 Å². The summed E-state index contributed by atoms with van der Waals surface area (Å²) in [5.41, 5.74) is 5.83. The van der Waals surface area contributed by atoms with Gasteiger partial charge in [0.2, 0.25) is 0 Å². The standard InChI is InChI=1S/C23H22O5S/c1-16-4-3-5-17(2)23(16)19-8-6-18(7-9-19)14-28-20-10-12-21(13-11-20)29(26,27)15-22(24)25/h3-13H,14-15H2,1-2H3,(H,24,25). The number of benzene rings is 3. The second-order valence-electron chi connectivity index (χ2n) is 6.88. The van der Waals surface area contributed by atoms with Crippen molar-refractivity contribution in [3.05, 3.63) is 83.4 Å². The Bertz CT molecular complexity index is 1090. The highest BCUT2D eigenvalue weighted by Gasteiger charge is 2.18. The molecule has 29 heavy (non-hydrogen) atoms. The predicted molar refractivity (Wildman–Crippen MR) is 112 cm³/mol. The van der Waals surface area contributed by atoms with Crippen LogP contribution in [0.15, 0.2) is 71.6 Å². The Morgan fingerprint density at radius 3 is 2.03 bits per heavy atom. The Morgan fingerprint density at radius 1 is 0.897 bits per heavy atom. The summed E-state index contributed by atoms with van der Waals surface area (Å²) in [7, 11) is -3.84. The maximum atomic E-state index is 11.9. The Morgan fingerprint density at radius 2 is 1.48 bits per heavy atom. The third kappa shape index (κ3) is 5.03. The molecule has 0 radical (unpaired) electrons. The number of aryl methyl sites for hydroxylation is 2. The fourth-order valence-corrected chi connectivity index (χ4v) is 4.24. The normalized spacial score (nSPS) is 11.2. The van der Waals surface area contributed by atoms with Gasteiger partial charge in [-0.2, -0.15) is 0 Å². The van der Waals surface area contributed by atoms with Crippen molar-refractivity contribution < 1.29 is 23.1 Å². The molecule has 0 amide bonds. The number of ether oxygens (including phenoxy) is 1. The van der Waals surface area contributed by atoms with Crippen LogP contribution < -0.4 is 4.74 Å². The predicted octanol–water partition coefficient (Wildman–Crippen LogP) is 4.41. The van der Waals surface area contributed by atoms with Gasteiger partial charge in [-0.25, -0.2) is 8.42 Å². The van der Waals surface area contributed by atoms with Crippen molar-refractivity contribution in [2.45, 2.75) is 25.3 Å². The van der Waals surface area contributed by atoms with Crippen molar-refractivity contribution in [2.75, 3.05) is 5.75 Å². The molecule has 3 aromatic rings. The average Bonchev–Trinajstić information content (AvgIpc) is 2.66. The number of hydrogen-bond acceptors (Lipinski definition) is 4. The number of sulfone groups is 1. The van der Waals surface area contributed by atoms with E-state index in [1.165, 1.54) is 41.0 Å². The van der Waals surface area contributed by atoms with Crippen LogP contribution in [-0.4, -0.2) is 25.2 Å². The first-order valence-corrected chi connectivity index (χ1v) is 10.7. The molecule has 0 fully saturated rings. The van der Waals surface area contributed by atoms with Crippen LogP contribution in [0, 0.1) is 13.8 Å². The maximum absolute atomic E-state index is 11.9. The zero-order chi connectivity index (χ0) is 21.0. The largest absolute Gasteiger partial charge is 0.489 e. The zero-order valence-electron chi connectivity index (χ0n) is 16.3. The number of rotatable bonds is 7. The summed E-state index contributed by atoms with van der Waals surface area (Å²) in [5.74, 6) is -1.80. The van der Waals surface area contributed by atoms with Gasteiger partial charge in [0.15, 0.2) is 15.6 Å². The molecule has 0 unspecified atom stereocenters. The van der Waals surface area contributed by atoms with E-state index in [1.54, 1.807) is 0 Å². The van der Waals surface area contributed by atoms with Crippen LogP contribution >= 0.6 is 0 Å². The first-order chi connectivity index (χ1) is 13.8. The molecule has 1 N–H and O–H groups in total. The van der Waals surface area contributed by atoms with Crippen LogP contribution in [0.2, 0.25) is 0 Å². The molecule has 0 saturated heterocycles. The molecule has 0 aromatic heterocycles. The van der Waals surface area contributed by atoms with Crippen molar-refractivity contribution >= 4 is 15.8 Å². The SMILES string of the molecule is Cc1cccc(C)c1-c1ccc(COc2ccc(S(=O)(=O)CC(=O)O)cc2)cc1. The van der Waals surface area contributed by atoms with Crippen molar-refractivity contribution in [3.63, 3.8) is 0 Å². The van der Waals surface area contributed by atoms with E-state index in [4.69, 9.17) is 9.84 Å². The summed E-state index contributed by atoms with van der Waals surface area (Å²) in [6.07, 6.45) is 0. The Balaban J connectivity index is 1.67. The minimum atomic E-state index is -3.84. The molecule has 0 heterocycles. The van der Waals surface area contributed by atoms with Gasteiger partial charge in [0.05, 0.1) is 4.90 Å². The zero-order valence-corrected chi connectivity index (χ0v) is 17.1. The highest BCUT2D eigenvalue weighted by atomic mass is 32.2. The number of carboxylic acid groups (broad SMARTS) is 1. The second kappa shape index (κ2) is 8.49. The molecule has 0 saturated carbocycles. The van der Waals surface area contributed by atoms with Crippen molar-refractivity contribution in [2.24, 2.45) is 0 Å². The van der Waals surface area contributed by atoms with Crippen LogP contribution in [0.25, 0.3) is 11.1 Å². The molecule has 150 valence electrons. The lowest BCUT2D eigenvalue weighted by molar-refractivity contribution is -0.134. The highest BCUT2D eigenvalue weighted by Crippen LogP contribution is 2.27. The summed E-state index contributed by atoms with van der Waals surface area (Å²) in [5, 5.41) is 8.69. The van der Waals surface area contributed by atoms with Crippen LogP contribution in [0.1, 0.15) is 16.7 Å². The first-order valence-electron chi connectivity index (χ1n) is 9.09. The Kier molecular flexibility index (Phi) is 6.03. The molecule has 0 bridgehead atoms. The minimum Gasteiger partial charge on any atom is -0.489 e. The van der Waals surface area contributed by atoms with Gasteiger partial charge in [0, 0.05) is 0 Å². The quantitative estimate of drug-likeness (QED) is 0.624. The molecule has 0 atom stereocenters. The summed E-state index contributed by atoms with van der Waals surface area (Å²) < 4.78 is 29.5. The number of carboxylic acids is 1. The van der Waals surface area contributed by atoms with Gasteiger partial charge in [-0.1, -0.05) is 42.5 Å². The fourth-order valence-electron chi connectivity index (χ4n) is 3.19. The van der Waals surface area contributed by atoms with Gasteiger partial charge < -0.3 is 9.84 Å². The summed E-state index contributed by atoms with van der Waals surface area (Å²) in [6.45, 7) is 4.54. The van der Waals surface area contributed by atoms with Gasteiger partial charge >= 0.3 is 5.97 Å². The molecular formula is C23H22O5S. The molecule has 3 rings (SSSR count). The van der Waals surface area contributed by atoms with Crippen molar-refractivity contribution in [1.29, 1.82) is 0 Å². The highest BCUT2D eigenvalue weighted by molar-refractivity contribution is 7.92. The summed E-state index contributed by atoms with van der Waals surface area (Å²) >= 11 is 0. The number of aliphatic carboxylic acids is 1. The van der Waals surface area contributed by atoms with Crippen molar-refractivity contribution in [1.82, 2.24) is 0 Å². The van der Waals surface area contributed by atoms with Gasteiger partial charge in [0.1, 0.15) is 12.4 Å². The van der Waals surface area contributed by atoms with Crippen LogP contribution in [-0.2, 0) is 21.2 Å². The fraction of sp³-hybridized carbons (Fsp3) is 0.174. The molecule has 0 aliphatic carbocycles. The molecule has 0 aliphatic heterocycles. The second-order valence-corrected chi connectivity index (χ2v) is 8.87. The number of hydrogen-bond donors (Lipinski definition) is 1. The maximum Gasteiger partial charge on any atom is 0.319 e. The Hall–Kier alpha value is -3.12. The average molecular weight is 410 g/mol. The van der Waals surface area contributed by atoms with Crippen LogP contribution in [0.4, 0.5) is 0 Å². The summed E-state index contributed by atoms with van der Waals surface area (Å²) in [4.78, 5) is 10.6. The van der Waals surface area contributed by atoms with Gasteiger partial charge in [-0.15, -0.1) is 0 Å². The lowest BCUT2D eigenvalue weighted by atomic mass is 9.95. The van der Waals surface area contributed by atoms with Gasteiger partial charge in [-0.05, 0) is 65.9 Å². The molecule has 5 nitrogen and oxygen atoms in total. The number of carbonyl (C=O) groups is 1. The molecule has 6 heteroatoms. The molecule has 0 spiro atoms. The molecule has 3 aromatic carbocycles. The lowest BCUT2D eigenvalue weighted by Crippen LogP contribution is -2.15. The topological polar surface area (TPSA) is 80.7 Å². The van der Waals surface area contributed by atoms with E-state index < -0.39 is 21.6 Å². The van der Waals surface area contributed by atoms with E-state index in [0.717, 1.165) is 11.1 Å². The van der Waals surface area contributed by atoms with Crippen LogP contribution in [0.3, 0.4) is 0 Å².